The lowest BCUT2D eigenvalue weighted by Gasteiger charge is -2.34. The van der Waals surface area contributed by atoms with Crippen molar-refractivity contribution in [1.29, 1.82) is 0 Å². The molecule has 0 amide bonds. The van der Waals surface area contributed by atoms with Gasteiger partial charge in [-0.1, -0.05) is 42.7 Å². The van der Waals surface area contributed by atoms with Crippen molar-refractivity contribution in [2.75, 3.05) is 5.75 Å². The zero-order valence-electron chi connectivity index (χ0n) is 13.8. The molecule has 0 saturated heterocycles. The van der Waals surface area contributed by atoms with Gasteiger partial charge in [-0.25, -0.2) is 9.78 Å². The van der Waals surface area contributed by atoms with Crippen LogP contribution in [-0.2, 0) is 9.36 Å². The molecule has 1 aromatic heterocycles. The maximum absolute atomic E-state index is 11.9. The summed E-state index contributed by atoms with van der Waals surface area (Å²) in [5, 5.41) is 20.3. The van der Waals surface area contributed by atoms with Crippen molar-refractivity contribution < 1.29 is 19.6 Å². The second-order valence-electron chi connectivity index (χ2n) is 6.24. The van der Waals surface area contributed by atoms with E-state index in [1.54, 1.807) is 13.8 Å². The zero-order chi connectivity index (χ0) is 18.0. The smallest absolute Gasteiger partial charge is 0.340 e. The molecule has 2 N–H and O–H groups in total. The van der Waals surface area contributed by atoms with Crippen molar-refractivity contribution in [2.45, 2.75) is 36.6 Å². The highest BCUT2D eigenvalue weighted by atomic mass is 32.2. The van der Waals surface area contributed by atoms with E-state index < -0.39 is 25.2 Å². The summed E-state index contributed by atoms with van der Waals surface area (Å²) < 4.78 is 11.9. The second kappa shape index (κ2) is 7.18. The van der Waals surface area contributed by atoms with E-state index in [9.17, 15) is 19.6 Å². The highest BCUT2D eigenvalue weighted by molar-refractivity contribution is 7.99. The Hall–Kier alpha value is -1.49. The van der Waals surface area contributed by atoms with Crippen molar-refractivity contribution >= 4 is 37.1 Å². The Labute approximate surface area is 146 Å². The molecule has 128 valence electrons. The van der Waals surface area contributed by atoms with Crippen LogP contribution in [0.25, 0.3) is 10.9 Å². The molecule has 3 unspecified atom stereocenters. The number of aliphatic carboxylic acids is 1. The van der Waals surface area contributed by atoms with E-state index in [4.69, 9.17) is 0 Å². The number of pyridine rings is 1. The van der Waals surface area contributed by atoms with E-state index in [1.165, 1.54) is 18.7 Å². The van der Waals surface area contributed by atoms with Crippen LogP contribution in [0.1, 0.15) is 20.8 Å². The number of carboxylic acid groups (broad SMARTS) is 1. The molecule has 2 rings (SSSR count). The summed E-state index contributed by atoms with van der Waals surface area (Å²) in [5.74, 6) is -1.46. The molecule has 3 atom stereocenters. The molecule has 2 aromatic rings. The topological polar surface area (TPSA) is 87.5 Å². The maximum atomic E-state index is 11.9. The minimum Gasteiger partial charge on any atom is -0.479 e. The van der Waals surface area contributed by atoms with Gasteiger partial charge in [0.25, 0.3) is 0 Å². The number of fused-ring (bicyclic) bond motifs is 1. The first-order valence-electron chi connectivity index (χ1n) is 7.58. The number of rotatable bonds is 7. The molecule has 0 aliphatic carbocycles. The molecule has 0 bridgehead atoms. The van der Waals surface area contributed by atoms with E-state index in [0.717, 1.165) is 10.9 Å². The number of benzene rings is 1. The Morgan fingerprint density at radius 1 is 1.29 bits per heavy atom. The van der Waals surface area contributed by atoms with Gasteiger partial charge in [0.05, 0.1) is 16.3 Å². The average Bonchev–Trinajstić information content (AvgIpc) is 2.55. The van der Waals surface area contributed by atoms with Gasteiger partial charge in [-0.2, -0.15) is 0 Å². The monoisotopic (exact) mass is 366 g/mol. The Balaban J connectivity index is 2.33. The van der Waals surface area contributed by atoms with Crippen LogP contribution < -0.4 is 0 Å². The molecular formula is C17H21NO4PS+. The molecule has 0 radical (unpaired) electrons. The summed E-state index contributed by atoms with van der Waals surface area (Å²) in [7, 11) is -0.953. The minimum absolute atomic E-state index is 0.192. The Morgan fingerprint density at radius 3 is 2.54 bits per heavy atom. The van der Waals surface area contributed by atoms with Gasteiger partial charge in [-0.05, 0) is 19.1 Å². The van der Waals surface area contributed by atoms with Gasteiger partial charge < -0.3 is 10.2 Å². The van der Waals surface area contributed by atoms with Gasteiger partial charge in [0.15, 0.2) is 0 Å². The molecule has 1 heterocycles. The summed E-state index contributed by atoms with van der Waals surface area (Å²) >= 11 is 1.31. The number of thioether (sulfide) groups is 1. The van der Waals surface area contributed by atoms with Crippen molar-refractivity contribution in [3.8, 4) is 0 Å². The van der Waals surface area contributed by atoms with E-state index in [-0.39, 0.29) is 11.7 Å². The number of carboxylic acids is 1. The second-order valence-corrected chi connectivity index (χ2v) is 8.33. The van der Waals surface area contributed by atoms with Gasteiger partial charge in [0, 0.05) is 11.3 Å². The van der Waals surface area contributed by atoms with Crippen LogP contribution >= 0.6 is 20.2 Å². The Morgan fingerprint density at radius 2 is 1.96 bits per heavy atom. The quantitative estimate of drug-likeness (QED) is 0.575. The van der Waals surface area contributed by atoms with Crippen molar-refractivity contribution in [3.05, 3.63) is 36.4 Å². The fourth-order valence-electron chi connectivity index (χ4n) is 2.62. The maximum Gasteiger partial charge on any atom is 0.340 e. The number of hydrogen-bond donors (Lipinski definition) is 2. The van der Waals surface area contributed by atoms with Crippen LogP contribution in [0.2, 0.25) is 0 Å². The standard InChI is InChI=1S/C17H20NO4PS/c1-11(2)17(23-22,16(3,21)15(19)20)10-24-14-9-8-12-6-4-5-7-13(12)18-14/h4-9,11,21H,10H2,1-3H3,(H,19,20)/p+1. The number of para-hydroxylation sites is 1. The number of nitrogens with zero attached hydrogens (tertiary/aromatic N) is 1. The fraction of sp³-hybridized carbons (Fsp3) is 0.412. The van der Waals surface area contributed by atoms with Gasteiger partial charge in [0.2, 0.25) is 10.8 Å². The summed E-state index contributed by atoms with van der Waals surface area (Å²) in [5.41, 5.74) is -1.25. The van der Waals surface area contributed by atoms with Crippen LogP contribution in [-0.4, -0.2) is 37.7 Å². The molecule has 0 saturated carbocycles. The first kappa shape index (κ1) is 18.8. The molecule has 1 aromatic carbocycles. The number of carbonyl (C=O) groups is 1. The largest absolute Gasteiger partial charge is 0.479 e. The highest BCUT2D eigenvalue weighted by Gasteiger charge is 2.61. The predicted molar refractivity (Wildman–Crippen MR) is 97.3 cm³/mol. The Bertz CT molecular complexity index is 765. The highest BCUT2D eigenvalue weighted by Crippen LogP contribution is 2.45. The normalized spacial score (nSPS) is 16.9. The number of aromatic nitrogens is 1. The van der Waals surface area contributed by atoms with Crippen LogP contribution in [0.3, 0.4) is 0 Å². The van der Waals surface area contributed by atoms with E-state index >= 15 is 0 Å². The lowest BCUT2D eigenvalue weighted by Crippen LogP contribution is -2.58. The molecule has 0 fully saturated rings. The van der Waals surface area contributed by atoms with Crippen molar-refractivity contribution in [3.63, 3.8) is 0 Å². The van der Waals surface area contributed by atoms with Crippen LogP contribution in [0.15, 0.2) is 41.4 Å². The lowest BCUT2D eigenvalue weighted by atomic mass is 9.81. The average molecular weight is 366 g/mol. The SMILES string of the molecule is CC(C)C(CSc1ccc2ccccc2n1)([PH+]=O)C(C)(O)C(=O)O. The Kier molecular flexibility index (Phi) is 5.63. The molecule has 5 nitrogen and oxygen atoms in total. The number of hydrogen-bond acceptors (Lipinski definition) is 5. The van der Waals surface area contributed by atoms with E-state index in [0.29, 0.717) is 5.03 Å². The molecule has 7 heteroatoms. The van der Waals surface area contributed by atoms with Gasteiger partial charge in [-0.15, -0.1) is 11.8 Å². The van der Waals surface area contributed by atoms with Crippen LogP contribution in [0.5, 0.6) is 0 Å². The fourth-order valence-corrected chi connectivity index (χ4v) is 4.93. The molecule has 0 aliphatic rings. The molecular weight excluding hydrogens is 345 g/mol. The molecule has 0 spiro atoms. The lowest BCUT2D eigenvalue weighted by molar-refractivity contribution is -0.161. The van der Waals surface area contributed by atoms with E-state index in [2.05, 4.69) is 4.98 Å². The van der Waals surface area contributed by atoms with Crippen molar-refractivity contribution in [2.24, 2.45) is 5.92 Å². The van der Waals surface area contributed by atoms with Crippen LogP contribution in [0, 0.1) is 5.92 Å². The first-order valence-corrected chi connectivity index (χ1v) is 9.47. The first-order chi connectivity index (χ1) is 11.2. The van der Waals surface area contributed by atoms with Crippen LogP contribution in [0.4, 0.5) is 0 Å². The third-order valence-electron chi connectivity index (χ3n) is 4.47. The minimum atomic E-state index is -2.09. The summed E-state index contributed by atoms with van der Waals surface area (Å²) in [6.07, 6.45) is 0. The third-order valence-corrected chi connectivity index (χ3v) is 7.46. The molecule has 0 aliphatic heterocycles. The summed E-state index contributed by atoms with van der Waals surface area (Å²) in [6.45, 7) is 4.77. The van der Waals surface area contributed by atoms with Gasteiger partial charge >= 0.3 is 14.4 Å². The number of aliphatic hydroxyl groups is 1. The molecule has 24 heavy (non-hydrogen) atoms. The van der Waals surface area contributed by atoms with Crippen molar-refractivity contribution in [1.82, 2.24) is 4.98 Å². The summed E-state index contributed by atoms with van der Waals surface area (Å²) in [6, 6.07) is 11.5. The van der Waals surface area contributed by atoms with Gasteiger partial charge in [-0.3, -0.25) is 0 Å². The predicted octanol–water partition coefficient (Wildman–Crippen LogP) is 3.58. The third kappa shape index (κ3) is 3.32. The van der Waals surface area contributed by atoms with Gasteiger partial charge in [0.1, 0.15) is 0 Å². The van der Waals surface area contributed by atoms with E-state index in [1.807, 2.05) is 36.4 Å². The summed E-state index contributed by atoms with van der Waals surface area (Å²) in [4.78, 5) is 16.0. The zero-order valence-corrected chi connectivity index (χ0v) is 15.6.